The molecule has 0 aliphatic heterocycles. The Labute approximate surface area is 114 Å². The first-order valence-corrected chi connectivity index (χ1v) is 6.82. The van der Waals surface area contributed by atoms with Crippen LogP contribution in [0.15, 0.2) is 18.2 Å². The molecule has 1 aromatic carbocycles. The van der Waals surface area contributed by atoms with Gasteiger partial charge in [-0.15, -0.1) is 0 Å². The van der Waals surface area contributed by atoms with E-state index in [1.807, 2.05) is 13.0 Å². The fourth-order valence-electron chi connectivity index (χ4n) is 2.61. The van der Waals surface area contributed by atoms with Gasteiger partial charge in [0.15, 0.2) is 0 Å². The van der Waals surface area contributed by atoms with Crippen LogP contribution in [0.3, 0.4) is 0 Å². The van der Waals surface area contributed by atoms with Crippen LogP contribution in [0.2, 0.25) is 5.02 Å². The van der Waals surface area contributed by atoms with Crippen LogP contribution < -0.4 is 5.32 Å². The molecule has 18 heavy (non-hydrogen) atoms. The maximum atomic E-state index is 12.1. The van der Waals surface area contributed by atoms with Crippen LogP contribution in [-0.2, 0) is 0 Å². The van der Waals surface area contributed by atoms with Crippen LogP contribution in [0.1, 0.15) is 49.0 Å². The lowest BCUT2D eigenvalue weighted by atomic mass is 9.92. The maximum absolute atomic E-state index is 12.1. The number of amides is 1. The second-order valence-corrected chi connectivity index (χ2v) is 6.45. The van der Waals surface area contributed by atoms with Crippen molar-refractivity contribution in [3.05, 3.63) is 34.3 Å². The van der Waals surface area contributed by atoms with Crippen LogP contribution in [-0.4, -0.2) is 11.9 Å². The average Bonchev–Trinajstić information content (AvgIpc) is 2.62. The monoisotopic (exact) mass is 265 g/mol. The molecule has 1 unspecified atom stereocenters. The van der Waals surface area contributed by atoms with E-state index in [4.69, 9.17) is 11.6 Å². The Kier molecular flexibility index (Phi) is 3.67. The summed E-state index contributed by atoms with van der Waals surface area (Å²) in [6.07, 6.45) is 3.31. The first kappa shape index (κ1) is 13.4. The molecule has 1 amide bonds. The van der Waals surface area contributed by atoms with E-state index in [0.29, 0.717) is 22.0 Å². The molecular formula is C15H20ClNO. The lowest BCUT2D eigenvalue weighted by molar-refractivity contribution is 0.0936. The summed E-state index contributed by atoms with van der Waals surface area (Å²) >= 11 is 5.96. The van der Waals surface area contributed by atoms with Crippen molar-refractivity contribution in [3.63, 3.8) is 0 Å². The quantitative estimate of drug-likeness (QED) is 0.862. The summed E-state index contributed by atoms with van der Waals surface area (Å²) in [6.45, 7) is 6.43. The van der Waals surface area contributed by atoms with Gasteiger partial charge in [-0.25, -0.2) is 0 Å². The molecule has 0 heterocycles. The summed E-state index contributed by atoms with van der Waals surface area (Å²) in [5, 5.41) is 3.82. The van der Waals surface area contributed by atoms with Gasteiger partial charge >= 0.3 is 0 Å². The third-order valence-electron chi connectivity index (χ3n) is 3.72. The highest BCUT2D eigenvalue weighted by molar-refractivity contribution is 6.31. The van der Waals surface area contributed by atoms with Crippen LogP contribution in [0.4, 0.5) is 0 Å². The van der Waals surface area contributed by atoms with Gasteiger partial charge in [0, 0.05) is 16.6 Å². The fourth-order valence-corrected chi connectivity index (χ4v) is 2.73. The Morgan fingerprint density at radius 2 is 2.17 bits per heavy atom. The molecule has 0 saturated heterocycles. The second-order valence-electron chi connectivity index (χ2n) is 6.04. The van der Waals surface area contributed by atoms with Gasteiger partial charge in [0.05, 0.1) is 0 Å². The van der Waals surface area contributed by atoms with Crippen LogP contribution in [0.5, 0.6) is 0 Å². The molecule has 0 bridgehead atoms. The van der Waals surface area contributed by atoms with E-state index in [1.165, 1.54) is 6.42 Å². The Morgan fingerprint density at radius 3 is 2.72 bits per heavy atom. The first-order valence-electron chi connectivity index (χ1n) is 6.44. The summed E-state index contributed by atoms with van der Waals surface area (Å²) in [5.74, 6) is 0.0115. The number of rotatable bonds is 2. The van der Waals surface area contributed by atoms with Crippen molar-refractivity contribution in [2.45, 2.75) is 46.1 Å². The van der Waals surface area contributed by atoms with E-state index in [2.05, 4.69) is 19.2 Å². The normalized spacial score (nSPS) is 21.9. The third-order valence-corrected chi connectivity index (χ3v) is 4.15. The van der Waals surface area contributed by atoms with Crippen LogP contribution >= 0.6 is 11.6 Å². The molecular weight excluding hydrogens is 246 g/mol. The number of carbonyl (C=O) groups is 1. The van der Waals surface area contributed by atoms with Crippen molar-refractivity contribution in [2.75, 3.05) is 0 Å². The molecule has 1 saturated carbocycles. The smallest absolute Gasteiger partial charge is 0.251 e. The molecule has 1 aromatic rings. The molecule has 3 heteroatoms. The topological polar surface area (TPSA) is 29.1 Å². The fraction of sp³-hybridized carbons (Fsp3) is 0.533. The highest BCUT2D eigenvalue weighted by Crippen LogP contribution is 2.37. The molecule has 1 fully saturated rings. The highest BCUT2D eigenvalue weighted by Gasteiger charge is 2.31. The molecule has 2 rings (SSSR count). The number of halogens is 1. The van der Waals surface area contributed by atoms with Crippen molar-refractivity contribution in [1.29, 1.82) is 0 Å². The largest absolute Gasteiger partial charge is 0.349 e. The van der Waals surface area contributed by atoms with Gasteiger partial charge in [-0.05, 0) is 55.4 Å². The zero-order valence-corrected chi connectivity index (χ0v) is 12.0. The number of hydrogen-bond acceptors (Lipinski definition) is 1. The Bertz CT molecular complexity index is 468. The SMILES string of the molecule is Cc1cc(C(=O)NC2CCC(C)(C)C2)ccc1Cl. The molecule has 98 valence electrons. The molecule has 0 aromatic heterocycles. The zero-order valence-electron chi connectivity index (χ0n) is 11.2. The minimum absolute atomic E-state index is 0.0115. The molecule has 1 aliphatic carbocycles. The van der Waals surface area contributed by atoms with Crippen molar-refractivity contribution in [1.82, 2.24) is 5.32 Å². The lowest BCUT2D eigenvalue weighted by Gasteiger charge is -2.18. The second kappa shape index (κ2) is 4.93. The lowest BCUT2D eigenvalue weighted by Crippen LogP contribution is -2.33. The van der Waals surface area contributed by atoms with E-state index in [1.54, 1.807) is 12.1 Å². The first-order chi connectivity index (χ1) is 8.37. The van der Waals surface area contributed by atoms with E-state index >= 15 is 0 Å². The Morgan fingerprint density at radius 1 is 1.44 bits per heavy atom. The number of carbonyl (C=O) groups excluding carboxylic acids is 1. The zero-order chi connectivity index (χ0) is 13.3. The summed E-state index contributed by atoms with van der Waals surface area (Å²) in [4.78, 5) is 12.1. The van der Waals surface area contributed by atoms with Crippen molar-refractivity contribution in [2.24, 2.45) is 5.41 Å². The van der Waals surface area contributed by atoms with Crippen LogP contribution in [0.25, 0.3) is 0 Å². The number of benzene rings is 1. The molecule has 1 N–H and O–H groups in total. The van der Waals surface area contributed by atoms with Crippen molar-refractivity contribution < 1.29 is 4.79 Å². The summed E-state index contributed by atoms with van der Waals surface area (Å²) < 4.78 is 0. The van der Waals surface area contributed by atoms with Gasteiger partial charge in [0.1, 0.15) is 0 Å². The van der Waals surface area contributed by atoms with E-state index in [0.717, 1.165) is 18.4 Å². The maximum Gasteiger partial charge on any atom is 0.251 e. The van der Waals surface area contributed by atoms with Gasteiger partial charge in [-0.3, -0.25) is 4.79 Å². The average molecular weight is 266 g/mol. The number of nitrogens with one attached hydrogen (secondary N) is 1. The summed E-state index contributed by atoms with van der Waals surface area (Å²) in [6, 6.07) is 5.72. The summed E-state index contributed by atoms with van der Waals surface area (Å²) in [7, 11) is 0. The third kappa shape index (κ3) is 3.05. The highest BCUT2D eigenvalue weighted by atomic mass is 35.5. The van der Waals surface area contributed by atoms with Crippen molar-refractivity contribution >= 4 is 17.5 Å². The Balaban J connectivity index is 2.02. The molecule has 0 radical (unpaired) electrons. The van der Waals surface area contributed by atoms with E-state index < -0.39 is 0 Å². The van der Waals surface area contributed by atoms with Gasteiger partial charge in [0.2, 0.25) is 0 Å². The minimum atomic E-state index is 0.0115. The van der Waals surface area contributed by atoms with E-state index in [9.17, 15) is 4.79 Å². The van der Waals surface area contributed by atoms with Gasteiger partial charge in [-0.1, -0.05) is 25.4 Å². The van der Waals surface area contributed by atoms with Gasteiger partial charge in [0.25, 0.3) is 5.91 Å². The van der Waals surface area contributed by atoms with Gasteiger partial charge in [-0.2, -0.15) is 0 Å². The predicted molar refractivity (Wildman–Crippen MR) is 75.1 cm³/mol. The predicted octanol–water partition coefficient (Wildman–Crippen LogP) is 3.96. The number of hydrogen-bond donors (Lipinski definition) is 1. The van der Waals surface area contributed by atoms with Gasteiger partial charge < -0.3 is 5.32 Å². The summed E-state index contributed by atoms with van der Waals surface area (Å²) in [5.41, 5.74) is 1.99. The molecule has 1 aliphatic rings. The van der Waals surface area contributed by atoms with Crippen LogP contribution in [0, 0.1) is 12.3 Å². The molecule has 0 spiro atoms. The minimum Gasteiger partial charge on any atom is -0.349 e. The molecule has 1 atom stereocenters. The Hall–Kier alpha value is -1.02. The van der Waals surface area contributed by atoms with Crippen molar-refractivity contribution in [3.8, 4) is 0 Å². The van der Waals surface area contributed by atoms with E-state index in [-0.39, 0.29) is 5.91 Å². The molecule has 2 nitrogen and oxygen atoms in total. The number of aryl methyl sites for hydroxylation is 1. The standard InChI is InChI=1S/C15H20ClNO/c1-10-8-11(4-5-13(10)16)14(18)17-12-6-7-15(2,3)9-12/h4-5,8,12H,6-7,9H2,1-3H3,(H,17,18).